The molecule has 1 aliphatic carbocycles. The van der Waals surface area contributed by atoms with Gasteiger partial charge in [-0.2, -0.15) is 0 Å². The number of nitrogens with zero attached hydrogens (tertiary/aromatic N) is 1. The molecule has 1 saturated carbocycles. The van der Waals surface area contributed by atoms with Crippen molar-refractivity contribution in [3.63, 3.8) is 0 Å². The predicted octanol–water partition coefficient (Wildman–Crippen LogP) is 4.94. The Labute approximate surface area is 189 Å². The standard InChI is InChI=1S/C27H31NO4/c1-5-23-16(2)14-27(31)25(18(4)32-26(27)30)24(23)12-11-22-10-9-21(15-28-22)20-8-6-7-19(13-20)17(3)29/h6-13,15-16,18,23-25,31H,5,14H2,1-4H3/b12-11+/t16?,18-,23?,24?,25?,27?/m1/s1. The number of aliphatic hydroxyl groups is 1. The Bertz CT molecular complexity index is 1040. The molecule has 5 unspecified atom stereocenters. The van der Waals surface area contributed by atoms with E-state index in [1.807, 2.05) is 49.4 Å². The van der Waals surface area contributed by atoms with Crippen LogP contribution < -0.4 is 0 Å². The first kappa shape index (κ1) is 22.4. The van der Waals surface area contributed by atoms with Crippen LogP contribution in [0.3, 0.4) is 0 Å². The van der Waals surface area contributed by atoms with Gasteiger partial charge in [0.1, 0.15) is 6.10 Å². The lowest BCUT2D eigenvalue weighted by atomic mass is 9.59. The fourth-order valence-electron chi connectivity index (χ4n) is 5.75. The number of esters is 1. The Morgan fingerprint density at radius 3 is 2.69 bits per heavy atom. The van der Waals surface area contributed by atoms with Crippen molar-refractivity contribution in [2.45, 2.75) is 52.2 Å². The number of rotatable bonds is 5. The van der Waals surface area contributed by atoms with Crippen molar-refractivity contribution in [1.82, 2.24) is 4.98 Å². The molecule has 4 rings (SSSR count). The van der Waals surface area contributed by atoms with E-state index in [4.69, 9.17) is 4.74 Å². The van der Waals surface area contributed by atoms with Gasteiger partial charge < -0.3 is 9.84 Å². The quantitative estimate of drug-likeness (QED) is 0.534. The highest BCUT2D eigenvalue weighted by Gasteiger charge is 2.62. The van der Waals surface area contributed by atoms with E-state index in [2.05, 4.69) is 24.9 Å². The van der Waals surface area contributed by atoms with Crippen molar-refractivity contribution in [3.8, 4) is 11.1 Å². The van der Waals surface area contributed by atoms with E-state index in [0.29, 0.717) is 17.9 Å². The fraction of sp³-hybridized carbons (Fsp3) is 0.444. The molecule has 1 aromatic carbocycles. The Morgan fingerprint density at radius 2 is 2.03 bits per heavy atom. The van der Waals surface area contributed by atoms with E-state index in [-0.39, 0.29) is 29.6 Å². The highest BCUT2D eigenvalue weighted by molar-refractivity contribution is 5.95. The summed E-state index contributed by atoms with van der Waals surface area (Å²) in [5.41, 5.74) is 1.98. The highest BCUT2D eigenvalue weighted by atomic mass is 16.6. The summed E-state index contributed by atoms with van der Waals surface area (Å²) in [6.07, 6.45) is 7.01. The van der Waals surface area contributed by atoms with Crippen molar-refractivity contribution in [2.75, 3.05) is 0 Å². The number of benzene rings is 1. The van der Waals surface area contributed by atoms with Crippen LogP contribution >= 0.6 is 0 Å². The second-order valence-corrected chi connectivity index (χ2v) is 9.36. The van der Waals surface area contributed by atoms with E-state index in [1.54, 1.807) is 13.1 Å². The van der Waals surface area contributed by atoms with Gasteiger partial charge in [-0.1, -0.05) is 50.6 Å². The lowest BCUT2D eigenvalue weighted by molar-refractivity contribution is -0.160. The summed E-state index contributed by atoms with van der Waals surface area (Å²) >= 11 is 0. The molecule has 1 saturated heterocycles. The fourth-order valence-corrected chi connectivity index (χ4v) is 5.75. The number of cyclic esters (lactones) is 1. The molecule has 0 bridgehead atoms. The normalized spacial score (nSPS) is 32.0. The Balaban J connectivity index is 1.59. The molecule has 32 heavy (non-hydrogen) atoms. The van der Waals surface area contributed by atoms with Gasteiger partial charge >= 0.3 is 5.97 Å². The van der Waals surface area contributed by atoms with Crippen LogP contribution in [0.2, 0.25) is 0 Å². The van der Waals surface area contributed by atoms with Crippen LogP contribution in [0.4, 0.5) is 0 Å². The smallest absolute Gasteiger partial charge is 0.338 e. The lowest BCUT2D eigenvalue weighted by Crippen LogP contribution is -2.53. The minimum Gasteiger partial charge on any atom is -0.460 e. The number of hydrogen-bond donors (Lipinski definition) is 1. The van der Waals surface area contributed by atoms with Crippen molar-refractivity contribution < 1.29 is 19.4 Å². The number of aromatic nitrogens is 1. The van der Waals surface area contributed by atoms with E-state index in [9.17, 15) is 14.7 Å². The van der Waals surface area contributed by atoms with Crippen molar-refractivity contribution >= 4 is 17.8 Å². The zero-order valence-electron chi connectivity index (χ0n) is 19.1. The predicted molar refractivity (Wildman–Crippen MR) is 124 cm³/mol. The summed E-state index contributed by atoms with van der Waals surface area (Å²) in [5.74, 6) is -0.0789. The molecule has 1 aliphatic heterocycles. The number of fused-ring (bicyclic) bond motifs is 1. The number of Topliss-reactive ketones (excluding diaryl/α,β-unsaturated/α-hetero) is 1. The average Bonchev–Trinajstić information content (AvgIpc) is 2.99. The number of hydrogen-bond acceptors (Lipinski definition) is 5. The Morgan fingerprint density at radius 1 is 1.25 bits per heavy atom. The number of ether oxygens (including phenoxy) is 1. The highest BCUT2D eigenvalue weighted by Crippen LogP contribution is 2.52. The minimum atomic E-state index is -1.40. The number of allylic oxidation sites excluding steroid dienone is 1. The van der Waals surface area contributed by atoms with Crippen LogP contribution in [0.1, 0.15) is 56.6 Å². The molecule has 5 heteroatoms. The molecule has 0 radical (unpaired) electrons. The maximum Gasteiger partial charge on any atom is 0.338 e. The van der Waals surface area contributed by atoms with Crippen molar-refractivity contribution in [1.29, 1.82) is 0 Å². The first-order chi connectivity index (χ1) is 15.2. The molecule has 2 heterocycles. The average molecular weight is 434 g/mol. The SMILES string of the molecule is CCC1C(C)CC2(O)C(=O)O[C@H](C)C2C1/C=C/c1ccc(-c2cccc(C(C)=O)c2)cn1. The van der Waals surface area contributed by atoms with Gasteiger partial charge in [-0.25, -0.2) is 4.79 Å². The van der Waals surface area contributed by atoms with Crippen LogP contribution in [0.25, 0.3) is 17.2 Å². The molecule has 1 aromatic heterocycles. The Kier molecular flexibility index (Phi) is 6.04. The molecule has 168 valence electrons. The van der Waals surface area contributed by atoms with Crippen LogP contribution in [-0.4, -0.2) is 33.5 Å². The lowest BCUT2D eigenvalue weighted by Gasteiger charge is -2.45. The minimum absolute atomic E-state index is 0.0314. The molecular weight excluding hydrogens is 402 g/mol. The zero-order chi connectivity index (χ0) is 23.0. The van der Waals surface area contributed by atoms with Crippen molar-refractivity contribution in [2.24, 2.45) is 23.7 Å². The molecule has 2 fully saturated rings. The number of carbonyl (C=O) groups excluding carboxylic acids is 2. The first-order valence-corrected chi connectivity index (χ1v) is 11.4. The molecule has 0 amide bonds. The summed E-state index contributed by atoms with van der Waals surface area (Å²) in [4.78, 5) is 28.7. The summed E-state index contributed by atoms with van der Waals surface area (Å²) in [7, 11) is 0. The van der Waals surface area contributed by atoms with E-state index in [1.165, 1.54) is 0 Å². The maximum atomic E-state index is 12.4. The third-order valence-electron chi connectivity index (χ3n) is 7.33. The monoisotopic (exact) mass is 433 g/mol. The van der Waals surface area contributed by atoms with E-state index >= 15 is 0 Å². The van der Waals surface area contributed by atoms with Crippen molar-refractivity contribution in [3.05, 3.63) is 59.9 Å². The van der Waals surface area contributed by atoms with Crippen LogP contribution in [0, 0.1) is 23.7 Å². The summed E-state index contributed by atoms with van der Waals surface area (Å²) < 4.78 is 5.46. The molecule has 2 aliphatic rings. The molecule has 6 atom stereocenters. The maximum absolute atomic E-state index is 12.4. The molecule has 5 nitrogen and oxygen atoms in total. The topological polar surface area (TPSA) is 76.5 Å². The second-order valence-electron chi connectivity index (χ2n) is 9.36. The van der Waals surface area contributed by atoms with Crippen LogP contribution in [0.5, 0.6) is 0 Å². The number of ketones is 1. The van der Waals surface area contributed by atoms with E-state index < -0.39 is 11.6 Å². The van der Waals surface area contributed by atoms with Gasteiger partial charge in [0.2, 0.25) is 0 Å². The van der Waals surface area contributed by atoms with Gasteiger partial charge in [0.05, 0.1) is 5.69 Å². The second kappa shape index (κ2) is 8.62. The molecule has 0 spiro atoms. The zero-order valence-corrected chi connectivity index (χ0v) is 19.1. The van der Waals surface area contributed by atoms with Gasteiger partial charge in [-0.3, -0.25) is 9.78 Å². The molecule has 1 N–H and O–H groups in total. The third-order valence-corrected chi connectivity index (χ3v) is 7.33. The number of pyridine rings is 1. The molecule has 2 aromatic rings. The van der Waals surface area contributed by atoms with Gasteiger partial charge in [0.25, 0.3) is 0 Å². The molecular formula is C27H31NO4. The largest absolute Gasteiger partial charge is 0.460 e. The van der Waals surface area contributed by atoms with Crippen LogP contribution in [-0.2, 0) is 9.53 Å². The van der Waals surface area contributed by atoms with Gasteiger partial charge in [-0.05, 0) is 61.8 Å². The van der Waals surface area contributed by atoms with Crippen LogP contribution in [0.15, 0.2) is 48.7 Å². The third kappa shape index (κ3) is 3.90. The van der Waals surface area contributed by atoms with E-state index in [0.717, 1.165) is 23.2 Å². The summed E-state index contributed by atoms with van der Waals surface area (Å²) in [6, 6.07) is 11.5. The Hall–Kier alpha value is -2.79. The summed E-state index contributed by atoms with van der Waals surface area (Å²) in [6.45, 7) is 7.72. The first-order valence-electron chi connectivity index (χ1n) is 11.4. The number of carbonyl (C=O) groups is 2. The van der Waals surface area contributed by atoms with Gasteiger partial charge in [0.15, 0.2) is 11.4 Å². The van der Waals surface area contributed by atoms with Gasteiger partial charge in [0, 0.05) is 23.2 Å². The van der Waals surface area contributed by atoms with Gasteiger partial charge in [-0.15, -0.1) is 0 Å². The summed E-state index contributed by atoms with van der Waals surface area (Å²) in [5, 5.41) is 11.2.